The predicted molar refractivity (Wildman–Crippen MR) is 41.5 cm³/mol. The van der Waals surface area contributed by atoms with Gasteiger partial charge in [-0.15, -0.1) is 17.0 Å². The van der Waals surface area contributed by atoms with E-state index in [9.17, 15) is 4.39 Å². The molecule has 0 N–H and O–H groups in total. The minimum absolute atomic E-state index is 0. The van der Waals surface area contributed by atoms with Gasteiger partial charge in [-0.25, -0.2) is 4.39 Å². The minimum Gasteiger partial charge on any atom is -0.207 e. The van der Waals surface area contributed by atoms with Crippen LogP contribution >= 0.6 is 17.0 Å². The highest BCUT2D eigenvalue weighted by Crippen LogP contribution is 1.99. The van der Waals surface area contributed by atoms with E-state index in [1.54, 1.807) is 6.07 Å². The molecule has 0 radical (unpaired) electrons. The monoisotopic (exact) mass is 190 g/mol. The maximum absolute atomic E-state index is 12.2. The lowest BCUT2D eigenvalue weighted by atomic mass is 10.2. The Morgan fingerprint density at radius 2 is 2.00 bits per heavy atom. The van der Waals surface area contributed by atoms with E-state index in [2.05, 4.69) is 0 Å². The lowest BCUT2D eigenvalue weighted by molar-refractivity contribution is 0.626. The van der Waals surface area contributed by atoms with Crippen molar-refractivity contribution >= 4 is 17.0 Å². The average molecular weight is 191 g/mol. The van der Waals surface area contributed by atoms with Crippen molar-refractivity contribution in [1.82, 2.24) is 0 Å². The first-order chi connectivity index (χ1) is 3.79. The molecule has 0 nitrogen and oxygen atoms in total. The first kappa shape index (κ1) is 8.63. The molecule has 0 aliphatic carbocycles. The molecular weight excluding hydrogens is 183 g/mol. The number of hydrogen-bond donors (Lipinski definition) is 0. The second kappa shape index (κ2) is 3.62. The van der Waals surface area contributed by atoms with Gasteiger partial charge in [0, 0.05) is 0 Å². The molecule has 50 valence electrons. The lowest BCUT2D eigenvalue weighted by Crippen LogP contribution is -1.72. The third-order valence-electron chi connectivity index (χ3n) is 0.980. The van der Waals surface area contributed by atoms with Crippen molar-refractivity contribution in [3.05, 3.63) is 35.6 Å². The number of halogens is 2. The maximum Gasteiger partial charge on any atom is 0.123 e. The Balaban J connectivity index is 0.000000640. The third kappa shape index (κ3) is 2.61. The van der Waals surface area contributed by atoms with Crippen LogP contribution in [0.4, 0.5) is 4.39 Å². The lowest BCUT2D eigenvalue weighted by Gasteiger charge is -1.87. The quantitative estimate of drug-likeness (QED) is 0.591. The van der Waals surface area contributed by atoms with E-state index in [1.807, 2.05) is 13.0 Å². The minimum atomic E-state index is -0.162. The molecule has 0 aromatic heterocycles. The predicted octanol–water partition coefficient (Wildman–Crippen LogP) is 2.71. The van der Waals surface area contributed by atoms with E-state index >= 15 is 0 Å². The fourth-order valence-corrected chi connectivity index (χ4v) is 0.606. The molecular formula is C7H8BrF. The maximum atomic E-state index is 12.2. The number of hydrogen-bond acceptors (Lipinski definition) is 0. The largest absolute Gasteiger partial charge is 0.207 e. The third-order valence-corrected chi connectivity index (χ3v) is 0.980. The van der Waals surface area contributed by atoms with Gasteiger partial charge in [0.1, 0.15) is 5.82 Å². The average Bonchev–Trinajstić information content (AvgIpc) is 1.64. The highest BCUT2D eigenvalue weighted by atomic mass is 79.9. The molecule has 0 aliphatic heterocycles. The van der Waals surface area contributed by atoms with Gasteiger partial charge in [-0.2, -0.15) is 0 Å². The number of rotatable bonds is 0. The van der Waals surface area contributed by atoms with E-state index in [-0.39, 0.29) is 22.8 Å². The molecule has 1 aromatic carbocycles. The topological polar surface area (TPSA) is 0 Å². The Bertz CT molecular complexity index is 169. The van der Waals surface area contributed by atoms with Crippen molar-refractivity contribution < 1.29 is 4.39 Å². The summed E-state index contributed by atoms with van der Waals surface area (Å²) in [6, 6.07) is 6.50. The van der Waals surface area contributed by atoms with E-state index in [0.717, 1.165) is 5.56 Å². The first-order valence-electron chi connectivity index (χ1n) is 2.51. The van der Waals surface area contributed by atoms with Gasteiger partial charge in [0.05, 0.1) is 0 Å². The molecule has 0 amide bonds. The van der Waals surface area contributed by atoms with Crippen LogP contribution in [-0.2, 0) is 0 Å². The van der Waals surface area contributed by atoms with Gasteiger partial charge in [-0.05, 0) is 24.6 Å². The van der Waals surface area contributed by atoms with Gasteiger partial charge < -0.3 is 0 Å². The summed E-state index contributed by atoms with van der Waals surface area (Å²) >= 11 is 0. The summed E-state index contributed by atoms with van der Waals surface area (Å²) in [5.41, 5.74) is 0.963. The van der Waals surface area contributed by atoms with Gasteiger partial charge in [0.25, 0.3) is 0 Å². The van der Waals surface area contributed by atoms with Gasteiger partial charge in [0.2, 0.25) is 0 Å². The zero-order chi connectivity index (χ0) is 5.98. The van der Waals surface area contributed by atoms with Crippen LogP contribution in [0.1, 0.15) is 5.56 Å². The number of benzene rings is 1. The van der Waals surface area contributed by atoms with Gasteiger partial charge >= 0.3 is 0 Å². The summed E-state index contributed by atoms with van der Waals surface area (Å²) < 4.78 is 12.2. The molecule has 0 bridgehead atoms. The van der Waals surface area contributed by atoms with Crippen molar-refractivity contribution in [2.24, 2.45) is 0 Å². The zero-order valence-electron chi connectivity index (χ0n) is 5.10. The van der Waals surface area contributed by atoms with Crippen LogP contribution in [0.2, 0.25) is 0 Å². The van der Waals surface area contributed by atoms with E-state index in [1.165, 1.54) is 12.1 Å². The number of aryl methyl sites for hydroxylation is 1. The fourth-order valence-electron chi connectivity index (χ4n) is 0.606. The molecule has 0 unspecified atom stereocenters. The molecule has 0 atom stereocenters. The molecule has 0 fully saturated rings. The van der Waals surface area contributed by atoms with Crippen molar-refractivity contribution in [2.75, 3.05) is 0 Å². The molecule has 0 aliphatic rings. The highest BCUT2D eigenvalue weighted by Gasteiger charge is 1.84. The smallest absolute Gasteiger partial charge is 0.123 e. The Labute approximate surface area is 64.5 Å². The van der Waals surface area contributed by atoms with Crippen LogP contribution in [0, 0.1) is 12.7 Å². The normalized spacial score (nSPS) is 8.22. The molecule has 2 heteroatoms. The molecule has 0 saturated heterocycles. The van der Waals surface area contributed by atoms with E-state index in [0.29, 0.717) is 0 Å². The Kier molecular flexibility index (Phi) is 3.47. The standard InChI is InChI=1S/C7H7F.BrH/c1-6-3-2-4-7(8)5-6;/h2-5H,1H3;1H. The van der Waals surface area contributed by atoms with Gasteiger partial charge in [0.15, 0.2) is 0 Å². The second-order valence-electron chi connectivity index (χ2n) is 1.80. The van der Waals surface area contributed by atoms with Gasteiger partial charge in [-0.3, -0.25) is 0 Å². The zero-order valence-corrected chi connectivity index (χ0v) is 6.81. The van der Waals surface area contributed by atoms with Crippen LogP contribution in [-0.4, -0.2) is 0 Å². The van der Waals surface area contributed by atoms with Crippen molar-refractivity contribution in [2.45, 2.75) is 6.92 Å². The summed E-state index contributed by atoms with van der Waals surface area (Å²) in [5.74, 6) is -0.162. The summed E-state index contributed by atoms with van der Waals surface area (Å²) in [7, 11) is 0. The van der Waals surface area contributed by atoms with E-state index < -0.39 is 0 Å². The van der Waals surface area contributed by atoms with Crippen LogP contribution in [0.15, 0.2) is 24.3 Å². The fraction of sp³-hybridized carbons (Fsp3) is 0.143. The summed E-state index contributed by atoms with van der Waals surface area (Å²) in [4.78, 5) is 0. The van der Waals surface area contributed by atoms with Crippen molar-refractivity contribution in [3.8, 4) is 0 Å². The molecule has 1 rings (SSSR count). The van der Waals surface area contributed by atoms with Crippen molar-refractivity contribution in [3.63, 3.8) is 0 Å². The van der Waals surface area contributed by atoms with Crippen LogP contribution < -0.4 is 0 Å². The Morgan fingerprint density at radius 1 is 1.33 bits per heavy atom. The Hall–Kier alpha value is -0.370. The molecule has 0 saturated carbocycles. The highest BCUT2D eigenvalue weighted by molar-refractivity contribution is 8.93. The van der Waals surface area contributed by atoms with Crippen LogP contribution in [0.5, 0.6) is 0 Å². The van der Waals surface area contributed by atoms with Gasteiger partial charge in [-0.1, -0.05) is 12.1 Å². The van der Waals surface area contributed by atoms with Crippen LogP contribution in [0.25, 0.3) is 0 Å². The van der Waals surface area contributed by atoms with E-state index in [4.69, 9.17) is 0 Å². The summed E-state index contributed by atoms with van der Waals surface area (Å²) in [6.45, 7) is 1.86. The van der Waals surface area contributed by atoms with Crippen LogP contribution in [0.3, 0.4) is 0 Å². The Morgan fingerprint density at radius 3 is 2.33 bits per heavy atom. The first-order valence-corrected chi connectivity index (χ1v) is 2.51. The summed E-state index contributed by atoms with van der Waals surface area (Å²) in [6.07, 6.45) is 0. The molecule has 9 heavy (non-hydrogen) atoms. The molecule has 0 spiro atoms. The second-order valence-corrected chi connectivity index (χ2v) is 1.80. The molecule has 1 aromatic rings. The molecule has 0 heterocycles. The SMILES string of the molecule is Br.Cc1cccc(F)c1. The summed E-state index contributed by atoms with van der Waals surface area (Å²) in [5, 5.41) is 0. The van der Waals surface area contributed by atoms with Crippen molar-refractivity contribution in [1.29, 1.82) is 0 Å².